The molecule has 2 fully saturated rings. The van der Waals surface area contributed by atoms with Crippen molar-refractivity contribution in [3.05, 3.63) is 42.5 Å². The van der Waals surface area contributed by atoms with Crippen LogP contribution >= 0.6 is 0 Å². The van der Waals surface area contributed by atoms with Crippen molar-refractivity contribution in [3.63, 3.8) is 0 Å². The Morgan fingerprint density at radius 3 is 2.88 bits per heavy atom. The molecule has 4 rings (SSSR count). The second-order valence-corrected chi connectivity index (χ2v) is 6.84. The maximum absolute atomic E-state index is 12.1. The number of aromatic nitrogens is 3. The summed E-state index contributed by atoms with van der Waals surface area (Å²) in [6.45, 7) is 0.501. The SMILES string of the molecule is NCC1NNC(=O)C2CCC(c3cncc(Oc4ncccn4)c3)CC12. The number of carbonyl (C=O) groups is 1. The first-order chi connectivity index (χ1) is 12.7. The molecule has 1 saturated heterocycles. The summed E-state index contributed by atoms with van der Waals surface area (Å²) < 4.78 is 5.69. The Hall–Kier alpha value is -2.58. The maximum atomic E-state index is 12.1. The smallest absolute Gasteiger partial charge is 0.321 e. The largest absolute Gasteiger partial charge is 0.423 e. The summed E-state index contributed by atoms with van der Waals surface area (Å²) in [4.78, 5) is 24.6. The number of hydrazine groups is 1. The molecule has 4 unspecified atom stereocenters. The van der Waals surface area contributed by atoms with Gasteiger partial charge in [0.2, 0.25) is 5.91 Å². The molecule has 2 aromatic rings. The van der Waals surface area contributed by atoms with E-state index in [0.717, 1.165) is 24.8 Å². The van der Waals surface area contributed by atoms with E-state index in [2.05, 4.69) is 25.8 Å². The van der Waals surface area contributed by atoms with E-state index < -0.39 is 0 Å². The van der Waals surface area contributed by atoms with Crippen molar-refractivity contribution in [2.24, 2.45) is 17.6 Å². The van der Waals surface area contributed by atoms with Gasteiger partial charge in [0.1, 0.15) is 5.75 Å². The van der Waals surface area contributed by atoms with Crippen LogP contribution in [-0.4, -0.2) is 33.4 Å². The van der Waals surface area contributed by atoms with E-state index in [4.69, 9.17) is 10.5 Å². The lowest BCUT2D eigenvalue weighted by Crippen LogP contribution is -2.62. The molecule has 0 radical (unpaired) electrons. The van der Waals surface area contributed by atoms with Crippen molar-refractivity contribution in [2.75, 3.05) is 6.54 Å². The van der Waals surface area contributed by atoms with Gasteiger partial charge >= 0.3 is 6.01 Å². The van der Waals surface area contributed by atoms with Crippen LogP contribution in [0.1, 0.15) is 30.7 Å². The molecule has 0 aromatic carbocycles. The monoisotopic (exact) mass is 354 g/mol. The van der Waals surface area contributed by atoms with E-state index >= 15 is 0 Å². The van der Waals surface area contributed by atoms with Crippen molar-refractivity contribution in [3.8, 4) is 11.8 Å². The number of carbonyl (C=O) groups excluding carboxylic acids is 1. The summed E-state index contributed by atoms with van der Waals surface area (Å²) in [5.74, 6) is 1.28. The molecule has 1 aliphatic heterocycles. The Morgan fingerprint density at radius 2 is 2.08 bits per heavy atom. The third-order valence-electron chi connectivity index (χ3n) is 5.34. The van der Waals surface area contributed by atoms with E-state index in [9.17, 15) is 4.79 Å². The summed E-state index contributed by atoms with van der Waals surface area (Å²) in [6.07, 6.45) is 9.50. The van der Waals surface area contributed by atoms with Gasteiger partial charge in [-0.2, -0.15) is 0 Å². The standard InChI is InChI=1S/C18H22N6O2/c19-8-16-15-7-11(2-3-14(15)17(25)24-23-16)12-6-13(10-20-9-12)26-18-21-4-1-5-22-18/h1,4-6,9-11,14-16,23H,2-3,7-8,19H2,(H,24,25). The number of nitrogens with two attached hydrogens (primary N) is 1. The number of fused-ring (bicyclic) bond motifs is 1. The molecule has 26 heavy (non-hydrogen) atoms. The molecular formula is C18H22N6O2. The molecule has 2 aliphatic rings. The number of nitrogens with one attached hydrogen (secondary N) is 2. The number of ether oxygens (including phenoxy) is 1. The number of rotatable bonds is 4. The van der Waals surface area contributed by atoms with Gasteiger partial charge in [0.15, 0.2) is 0 Å². The molecule has 136 valence electrons. The Morgan fingerprint density at radius 1 is 1.23 bits per heavy atom. The summed E-state index contributed by atoms with van der Waals surface area (Å²) in [5.41, 5.74) is 12.8. The summed E-state index contributed by atoms with van der Waals surface area (Å²) in [6, 6.07) is 4.13. The van der Waals surface area contributed by atoms with Crippen LogP contribution in [0.15, 0.2) is 36.9 Å². The average Bonchev–Trinajstić information content (AvgIpc) is 2.69. The van der Waals surface area contributed by atoms with E-state index in [1.54, 1.807) is 24.7 Å². The Bertz CT molecular complexity index is 771. The second-order valence-electron chi connectivity index (χ2n) is 6.84. The van der Waals surface area contributed by atoms with Gasteiger partial charge < -0.3 is 10.5 Å². The van der Waals surface area contributed by atoms with Crippen molar-refractivity contribution in [1.82, 2.24) is 25.8 Å². The molecule has 4 atom stereocenters. The lowest BCUT2D eigenvalue weighted by atomic mass is 9.68. The first kappa shape index (κ1) is 16.9. The fourth-order valence-corrected chi connectivity index (χ4v) is 4.03. The van der Waals surface area contributed by atoms with E-state index in [-0.39, 0.29) is 23.8 Å². The highest BCUT2D eigenvalue weighted by molar-refractivity contribution is 5.79. The van der Waals surface area contributed by atoms with Gasteiger partial charge in [-0.3, -0.25) is 15.2 Å². The zero-order valence-electron chi connectivity index (χ0n) is 14.3. The Kier molecular flexibility index (Phi) is 4.77. The van der Waals surface area contributed by atoms with E-state index in [1.165, 1.54) is 0 Å². The first-order valence-corrected chi connectivity index (χ1v) is 8.90. The quantitative estimate of drug-likeness (QED) is 0.754. The number of amides is 1. The number of nitrogens with zero attached hydrogens (tertiary/aromatic N) is 3. The van der Waals surface area contributed by atoms with Gasteiger partial charge in [0, 0.05) is 37.1 Å². The zero-order valence-corrected chi connectivity index (χ0v) is 14.3. The molecule has 1 saturated carbocycles. The first-order valence-electron chi connectivity index (χ1n) is 8.90. The van der Waals surface area contributed by atoms with Gasteiger partial charge in [-0.15, -0.1) is 0 Å². The Labute approximate surface area is 151 Å². The van der Waals surface area contributed by atoms with Gasteiger partial charge in [-0.1, -0.05) is 0 Å². The van der Waals surface area contributed by atoms with Crippen LogP contribution < -0.4 is 21.3 Å². The van der Waals surface area contributed by atoms with Crippen molar-refractivity contribution >= 4 is 5.91 Å². The van der Waals surface area contributed by atoms with Gasteiger partial charge in [0.05, 0.1) is 6.20 Å². The Balaban J connectivity index is 1.51. The van der Waals surface area contributed by atoms with Crippen molar-refractivity contribution in [1.29, 1.82) is 0 Å². The topological polar surface area (TPSA) is 115 Å². The summed E-state index contributed by atoms with van der Waals surface area (Å²) in [7, 11) is 0. The molecule has 8 nitrogen and oxygen atoms in total. The van der Waals surface area contributed by atoms with Crippen LogP contribution in [0.2, 0.25) is 0 Å². The second kappa shape index (κ2) is 7.35. The highest BCUT2D eigenvalue weighted by Crippen LogP contribution is 2.42. The summed E-state index contributed by atoms with van der Waals surface area (Å²) in [5, 5.41) is 0. The normalized spacial score (nSPS) is 28.1. The van der Waals surface area contributed by atoms with E-state index in [0.29, 0.717) is 24.2 Å². The number of hydrogen-bond donors (Lipinski definition) is 3. The predicted octanol–water partition coefficient (Wildman–Crippen LogP) is 1.13. The van der Waals surface area contributed by atoms with Crippen LogP contribution in [0.3, 0.4) is 0 Å². The minimum absolute atomic E-state index is 0.0335. The fourth-order valence-electron chi connectivity index (χ4n) is 4.03. The van der Waals surface area contributed by atoms with Crippen LogP contribution in [0, 0.1) is 11.8 Å². The summed E-state index contributed by atoms with van der Waals surface area (Å²) >= 11 is 0. The van der Waals surface area contributed by atoms with Crippen LogP contribution in [0.4, 0.5) is 0 Å². The molecule has 1 amide bonds. The highest BCUT2D eigenvalue weighted by Gasteiger charge is 2.42. The number of pyridine rings is 1. The van der Waals surface area contributed by atoms with Crippen LogP contribution in [-0.2, 0) is 4.79 Å². The minimum atomic E-state index is 0.0335. The lowest BCUT2D eigenvalue weighted by molar-refractivity contribution is -0.133. The number of hydrogen-bond acceptors (Lipinski definition) is 7. The zero-order chi connectivity index (χ0) is 17.9. The van der Waals surface area contributed by atoms with Crippen molar-refractivity contribution < 1.29 is 9.53 Å². The van der Waals surface area contributed by atoms with Crippen molar-refractivity contribution in [2.45, 2.75) is 31.2 Å². The molecule has 0 bridgehead atoms. The van der Waals surface area contributed by atoms with E-state index in [1.807, 2.05) is 12.3 Å². The van der Waals surface area contributed by atoms with Gasteiger partial charge in [-0.25, -0.2) is 15.4 Å². The van der Waals surface area contributed by atoms with Crippen LogP contribution in [0.5, 0.6) is 11.8 Å². The highest BCUT2D eigenvalue weighted by atomic mass is 16.5. The predicted molar refractivity (Wildman–Crippen MR) is 94.0 cm³/mol. The molecule has 1 aliphatic carbocycles. The third-order valence-corrected chi connectivity index (χ3v) is 5.34. The molecule has 8 heteroatoms. The molecule has 3 heterocycles. The molecule has 2 aromatic heterocycles. The fraction of sp³-hybridized carbons (Fsp3) is 0.444. The van der Waals surface area contributed by atoms with Crippen LogP contribution in [0.25, 0.3) is 0 Å². The van der Waals surface area contributed by atoms with Gasteiger partial charge in [0.25, 0.3) is 0 Å². The maximum Gasteiger partial charge on any atom is 0.321 e. The average molecular weight is 354 g/mol. The minimum Gasteiger partial charge on any atom is -0.423 e. The molecular weight excluding hydrogens is 332 g/mol. The molecule has 4 N–H and O–H groups in total. The van der Waals surface area contributed by atoms with Gasteiger partial charge in [-0.05, 0) is 48.8 Å². The third kappa shape index (κ3) is 3.38. The molecule has 0 spiro atoms. The lowest BCUT2D eigenvalue weighted by Gasteiger charge is -2.43.